The number of nitrogens with one attached hydrogen (secondary N) is 1. The molecular formula is C13H12N2O6. The summed E-state index contributed by atoms with van der Waals surface area (Å²) in [6, 6.07) is 4.27. The molecule has 21 heavy (non-hydrogen) atoms. The van der Waals surface area contributed by atoms with E-state index in [0.29, 0.717) is 0 Å². The summed E-state index contributed by atoms with van der Waals surface area (Å²) < 4.78 is 5.55. The number of aryl methyl sites for hydroxylation is 1. The number of carbonyl (C=O) groups excluding carboxylic acids is 1. The van der Waals surface area contributed by atoms with E-state index < -0.39 is 23.1 Å². The van der Waals surface area contributed by atoms with Crippen molar-refractivity contribution in [1.29, 1.82) is 0 Å². The summed E-state index contributed by atoms with van der Waals surface area (Å²) in [5.74, 6) is -1.76. The number of rotatable bonds is 4. The van der Waals surface area contributed by atoms with Gasteiger partial charge >= 0.3 is 23.1 Å². The molecular weight excluding hydrogens is 280 g/mol. The monoisotopic (exact) mass is 292 g/mol. The number of methoxy groups -OCH3 is 1. The number of carboxylic acids is 1. The Morgan fingerprint density at radius 1 is 1.33 bits per heavy atom. The third-order valence-corrected chi connectivity index (χ3v) is 3.01. The van der Waals surface area contributed by atoms with Gasteiger partial charge in [0, 0.05) is 6.54 Å². The summed E-state index contributed by atoms with van der Waals surface area (Å²) in [5.41, 5.74) is -1.64. The Morgan fingerprint density at radius 2 is 2.05 bits per heavy atom. The average Bonchev–Trinajstić information content (AvgIpc) is 2.46. The topological polar surface area (TPSA) is 118 Å². The van der Waals surface area contributed by atoms with Gasteiger partial charge in [-0.15, -0.1) is 0 Å². The molecule has 0 atom stereocenters. The van der Waals surface area contributed by atoms with Crippen molar-refractivity contribution in [2.24, 2.45) is 0 Å². The molecule has 0 aliphatic carbocycles. The third-order valence-electron chi connectivity index (χ3n) is 3.01. The first-order valence-electron chi connectivity index (χ1n) is 6.01. The number of hydrogen-bond donors (Lipinski definition) is 2. The van der Waals surface area contributed by atoms with E-state index in [1.165, 1.54) is 25.3 Å². The van der Waals surface area contributed by atoms with E-state index in [9.17, 15) is 19.2 Å². The van der Waals surface area contributed by atoms with Crippen LogP contribution in [0.4, 0.5) is 0 Å². The zero-order valence-electron chi connectivity index (χ0n) is 11.1. The van der Waals surface area contributed by atoms with Gasteiger partial charge in [-0.05, 0) is 12.1 Å². The normalized spacial score (nSPS) is 10.5. The molecule has 0 unspecified atom stereocenters. The summed E-state index contributed by atoms with van der Waals surface area (Å²) in [7, 11) is 1.21. The summed E-state index contributed by atoms with van der Waals surface area (Å²) in [5, 5.41) is 9.11. The number of para-hydroxylation sites is 1. The van der Waals surface area contributed by atoms with Gasteiger partial charge in [-0.25, -0.2) is 4.79 Å². The number of nitrogens with zero attached hydrogens (tertiary/aromatic N) is 1. The Labute approximate surface area is 117 Å². The highest BCUT2D eigenvalue weighted by molar-refractivity contribution is 6.00. The Balaban J connectivity index is 2.68. The van der Waals surface area contributed by atoms with Crippen LogP contribution < -0.4 is 11.1 Å². The van der Waals surface area contributed by atoms with Gasteiger partial charge in [0.2, 0.25) is 0 Å². The van der Waals surface area contributed by atoms with E-state index in [0.717, 1.165) is 4.57 Å². The van der Waals surface area contributed by atoms with Crippen LogP contribution in [0.5, 0.6) is 0 Å². The van der Waals surface area contributed by atoms with Gasteiger partial charge in [0.15, 0.2) is 0 Å². The molecule has 0 aliphatic heterocycles. The van der Waals surface area contributed by atoms with E-state index >= 15 is 0 Å². The highest BCUT2D eigenvalue weighted by Crippen LogP contribution is 2.14. The van der Waals surface area contributed by atoms with Crippen LogP contribution in [0.15, 0.2) is 27.8 Å². The van der Waals surface area contributed by atoms with Gasteiger partial charge in [-0.2, -0.15) is 0 Å². The maximum Gasteiger partial charge on any atom is 0.337 e. The van der Waals surface area contributed by atoms with Gasteiger partial charge in [-0.1, -0.05) is 6.07 Å². The van der Waals surface area contributed by atoms with Crippen LogP contribution in [0.3, 0.4) is 0 Å². The van der Waals surface area contributed by atoms with Crippen LogP contribution in [0.25, 0.3) is 11.0 Å². The van der Waals surface area contributed by atoms with Gasteiger partial charge in [0.05, 0.1) is 30.1 Å². The molecule has 0 amide bonds. The molecule has 0 spiro atoms. The number of aromatic amines is 1. The number of aromatic carboxylic acids is 1. The second-order valence-corrected chi connectivity index (χ2v) is 4.24. The highest BCUT2D eigenvalue weighted by atomic mass is 16.5. The molecule has 0 radical (unpaired) electrons. The number of fused-ring (bicyclic) bond motifs is 1. The first kappa shape index (κ1) is 14.5. The SMILES string of the molecule is COC(=O)CCn1c(=O)c(=O)[nH]c2c(C(=O)O)cccc21. The molecule has 2 rings (SSSR count). The number of aromatic nitrogens is 2. The van der Waals surface area contributed by atoms with E-state index in [1.807, 2.05) is 0 Å². The minimum absolute atomic E-state index is 0.0412. The number of H-pyrrole nitrogens is 1. The molecule has 0 saturated heterocycles. The molecule has 1 aromatic carbocycles. The standard InChI is InChI=1S/C13H12N2O6/c1-21-9(16)5-6-15-8-4-2-3-7(13(19)20)10(8)14-11(17)12(15)18/h2-4H,5-6H2,1H3,(H,14,17)(H,19,20). The summed E-state index contributed by atoms with van der Waals surface area (Å²) in [6.07, 6.45) is -0.105. The fourth-order valence-corrected chi connectivity index (χ4v) is 2.00. The molecule has 1 aromatic heterocycles. The third kappa shape index (κ3) is 2.69. The van der Waals surface area contributed by atoms with Crippen molar-refractivity contribution in [3.8, 4) is 0 Å². The van der Waals surface area contributed by atoms with Crippen LogP contribution in [0.2, 0.25) is 0 Å². The predicted molar refractivity (Wildman–Crippen MR) is 72.4 cm³/mol. The number of benzene rings is 1. The largest absolute Gasteiger partial charge is 0.478 e. The lowest BCUT2D eigenvalue weighted by molar-refractivity contribution is -0.140. The first-order valence-corrected chi connectivity index (χ1v) is 6.01. The van der Waals surface area contributed by atoms with Crippen LogP contribution >= 0.6 is 0 Å². The second-order valence-electron chi connectivity index (χ2n) is 4.24. The zero-order chi connectivity index (χ0) is 15.6. The van der Waals surface area contributed by atoms with Crippen molar-refractivity contribution in [3.63, 3.8) is 0 Å². The molecule has 0 fully saturated rings. The molecule has 110 valence electrons. The van der Waals surface area contributed by atoms with Crippen molar-refractivity contribution in [2.75, 3.05) is 7.11 Å². The Morgan fingerprint density at radius 3 is 2.67 bits per heavy atom. The average molecular weight is 292 g/mol. The minimum Gasteiger partial charge on any atom is -0.478 e. The fraction of sp³-hybridized carbons (Fsp3) is 0.231. The number of carboxylic acid groups (broad SMARTS) is 1. The summed E-state index contributed by atoms with van der Waals surface area (Å²) in [6.45, 7) is -0.0744. The number of esters is 1. The van der Waals surface area contributed by atoms with Crippen molar-refractivity contribution >= 4 is 23.0 Å². The predicted octanol–water partition coefficient (Wildman–Crippen LogP) is -0.0489. The van der Waals surface area contributed by atoms with Crippen molar-refractivity contribution in [3.05, 3.63) is 44.5 Å². The molecule has 0 bridgehead atoms. The summed E-state index contributed by atoms with van der Waals surface area (Å²) in [4.78, 5) is 48.1. The lowest BCUT2D eigenvalue weighted by atomic mass is 10.1. The van der Waals surface area contributed by atoms with E-state index in [-0.39, 0.29) is 29.6 Å². The van der Waals surface area contributed by atoms with Crippen LogP contribution in [-0.4, -0.2) is 33.7 Å². The maximum absolute atomic E-state index is 11.9. The van der Waals surface area contributed by atoms with Gasteiger partial charge in [-0.3, -0.25) is 14.4 Å². The first-order chi connectivity index (χ1) is 9.95. The molecule has 8 heteroatoms. The minimum atomic E-state index is -1.23. The lowest BCUT2D eigenvalue weighted by Crippen LogP contribution is -2.37. The zero-order valence-corrected chi connectivity index (χ0v) is 11.1. The van der Waals surface area contributed by atoms with Crippen molar-refractivity contribution < 1.29 is 19.4 Å². The van der Waals surface area contributed by atoms with E-state index in [1.54, 1.807) is 0 Å². The quantitative estimate of drug-likeness (QED) is 0.602. The van der Waals surface area contributed by atoms with E-state index in [2.05, 4.69) is 9.72 Å². The molecule has 0 saturated carbocycles. The van der Waals surface area contributed by atoms with Crippen LogP contribution in [0, 0.1) is 0 Å². The fourth-order valence-electron chi connectivity index (χ4n) is 2.00. The number of carbonyl (C=O) groups is 2. The van der Waals surface area contributed by atoms with Crippen LogP contribution in [0.1, 0.15) is 16.8 Å². The Kier molecular flexibility index (Phi) is 3.88. The second kappa shape index (κ2) is 5.61. The smallest absolute Gasteiger partial charge is 0.337 e. The Hall–Kier alpha value is -2.90. The van der Waals surface area contributed by atoms with E-state index in [4.69, 9.17) is 5.11 Å². The van der Waals surface area contributed by atoms with Crippen LogP contribution in [-0.2, 0) is 16.1 Å². The maximum atomic E-state index is 11.9. The molecule has 2 N–H and O–H groups in total. The van der Waals surface area contributed by atoms with Gasteiger partial charge in [0.1, 0.15) is 0 Å². The Bertz CT molecular complexity index is 833. The van der Waals surface area contributed by atoms with Crippen molar-refractivity contribution in [1.82, 2.24) is 9.55 Å². The van der Waals surface area contributed by atoms with Crippen molar-refractivity contribution in [2.45, 2.75) is 13.0 Å². The summed E-state index contributed by atoms with van der Waals surface area (Å²) >= 11 is 0. The number of ether oxygens (including phenoxy) is 1. The lowest BCUT2D eigenvalue weighted by Gasteiger charge is -2.10. The molecule has 8 nitrogen and oxygen atoms in total. The molecule has 0 aliphatic rings. The van der Waals surface area contributed by atoms with Gasteiger partial charge < -0.3 is 19.4 Å². The number of hydrogen-bond acceptors (Lipinski definition) is 5. The van der Waals surface area contributed by atoms with Gasteiger partial charge in [0.25, 0.3) is 0 Å². The molecule has 1 heterocycles. The molecule has 2 aromatic rings. The highest BCUT2D eigenvalue weighted by Gasteiger charge is 2.15.